The number of hydrogen-bond acceptors (Lipinski definition) is 3. The van der Waals surface area contributed by atoms with E-state index in [0.717, 1.165) is 0 Å². The van der Waals surface area contributed by atoms with Crippen molar-refractivity contribution in [2.24, 2.45) is 5.73 Å². The first kappa shape index (κ1) is 17.9. The minimum absolute atomic E-state index is 0.465. The lowest BCUT2D eigenvalue weighted by Crippen LogP contribution is -2.54. The summed E-state index contributed by atoms with van der Waals surface area (Å²) >= 11 is 3.23. The number of carbonyl (C=O) groups is 1. The number of alkyl halides is 3. The first-order valence-corrected chi connectivity index (χ1v) is 6.68. The van der Waals surface area contributed by atoms with Crippen LogP contribution >= 0.6 is 15.9 Å². The Balaban J connectivity index is 2.97. The molecule has 2 unspecified atom stereocenters. The average molecular weight is 370 g/mol. The van der Waals surface area contributed by atoms with Crippen LogP contribution in [-0.2, 0) is 15.1 Å². The number of benzene rings is 1. The van der Waals surface area contributed by atoms with E-state index in [1.807, 2.05) is 0 Å². The molecule has 0 aliphatic rings. The maximum Gasteiger partial charge on any atom is 0.428 e. The number of carboxylic acids is 1. The number of halogens is 4. The number of aliphatic carboxylic acids is 1. The number of rotatable bonds is 5. The quantitative estimate of drug-likeness (QED) is 0.836. The molecule has 4 nitrogen and oxygen atoms in total. The zero-order valence-corrected chi connectivity index (χ0v) is 13.0. The van der Waals surface area contributed by atoms with Crippen LogP contribution in [0.15, 0.2) is 28.7 Å². The Kier molecular flexibility index (Phi) is 5.07. The van der Waals surface area contributed by atoms with Crippen molar-refractivity contribution >= 4 is 21.9 Å². The van der Waals surface area contributed by atoms with Crippen molar-refractivity contribution in [2.45, 2.75) is 31.2 Å². The van der Waals surface area contributed by atoms with Crippen molar-refractivity contribution in [3.63, 3.8) is 0 Å². The predicted molar refractivity (Wildman–Crippen MR) is 73.7 cm³/mol. The molecule has 0 amide bonds. The minimum atomic E-state index is -5.05. The van der Waals surface area contributed by atoms with E-state index in [9.17, 15) is 18.0 Å². The van der Waals surface area contributed by atoms with E-state index in [2.05, 4.69) is 20.7 Å². The zero-order chi connectivity index (χ0) is 16.5. The number of nitrogens with two attached hydrogens (primary N) is 1. The fourth-order valence-corrected chi connectivity index (χ4v) is 1.89. The molecule has 1 aromatic carbocycles. The van der Waals surface area contributed by atoms with Crippen molar-refractivity contribution < 1.29 is 27.8 Å². The molecular formula is C13H15BrF3NO3. The van der Waals surface area contributed by atoms with Gasteiger partial charge in [-0.15, -0.1) is 0 Å². The van der Waals surface area contributed by atoms with E-state index < -0.39 is 29.9 Å². The molecule has 0 saturated heterocycles. The Morgan fingerprint density at radius 2 is 1.95 bits per heavy atom. The molecule has 0 radical (unpaired) electrons. The minimum Gasteiger partial charge on any atom is -0.479 e. The molecule has 0 bridgehead atoms. The lowest BCUT2D eigenvalue weighted by Gasteiger charge is -2.33. The first-order valence-electron chi connectivity index (χ1n) is 5.89. The van der Waals surface area contributed by atoms with Crippen molar-refractivity contribution in [3.05, 3.63) is 34.3 Å². The predicted octanol–water partition coefficient (Wildman–Crippen LogP) is 3.05. The molecule has 118 valence electrons. The molecule has 0 saturated carbocycles. The van der Waals surface area contributed by atoms with Gasteiger partial charge in [0.2, 0.25) is 0 Å². The lowest BCUT2D eigenvalue weighted by molar-refractivity contribution is -0.272. The Morgan fingerprint density at radius 3 is 2.38 bits per heavy atom. The molecule has 21 heavy (non-hydrogen) atoms. The zero-order valence-electron chi connectivity index (χ0n) is 11.4. The summed E-state index contributed by atoms with van der Waals surface area (Å²) in [6.45, 7) is 1.32. The Bertz CT molecular complexity index is 534. The number of ether oxygens (including phenoxy) is 1. The maximum atomic E-state index is 12.8. The van der Waals surface area contributed by atoms with Crippen LogP contribution in [0.4, 0.5) is 13.2 Å². The van der Waals surface area contributed by atoms with E-state index in [4.69, 9.17) is 10.8 Å². The summed E-state index contributed by atoms with van der Waals surface area (Å²) in [4.78, 5) is 10.9. The van der Waals surface area contributed by atoms with Gasteiger partial charge < -0.3 is 15.6 Å². The van der Waals surface area contributed by atoms with Gasteiger partial charge in [0.1, 0.15) is 0 Å². The Hall–Kier alpha value is -1.12. The summed E-state index contributed by atoms with van der Waals surface area (Å²) in [5, 5.41) is 8.79. The second-order valence-corrected chi connectivity index (χ2v) is 5.97. The van der Waals surface area contributed by atoms with E-state index >= 15 is 0 Å². The van der Waals surface area contributed by atoms with Crippen LogP contribution in [-0.4, -0.2) is 29.5 Å². The van der Waals surface area contributed by atoms with Crippen LogP contribution < -0.4 is 5.73 Å². The van der Waals surface area contributed by atoms with E-state index in [1.165, 1.54) is 6.92 Å². The monoisotopic (exact) mass is 369 g/mol. The standard InChI is InChI=1S/C13H15BrF3NO3/c1-11(18,8-4-3-5-9(14)6-8)7-21-12(2,10(19)20)13(15,16)17/h3-6H,7,18H2,1-2H3,(H,19,20). The van der Waals surface area contributed by atoms with Crippen molar-refractivity contribution in [2.75, 3.05) is 6.61 Å². The second kappa shape index (κ2) is 5.94. The number of hydrogen-bond donors (Lipinski definition) is 2. The SMILES string of the molecule is CC(N)(COC(C)(C(=O)O)C(F)(F)F)c1cccc(Br)c1. The van der Waals surface area contributed by atoms with Crippen LogP contribution in [0.5, 0.6) is 0 Å². The molecule has 3 N–H and O–H groups in total. The van der Waals surface area contributed by atoms with Crippen LogP contribution in [0.2, 0.25) is 0 Å². The van der Waals surface area contributed by atoms with E-state index in [1.54, 1.807) is 24.3 Å². The average Bonchev–Trinajstić information content (AvgIpc) is 2.34. The topological polar surface area (TPSA) is 72.5 Å². The van der Waals surface area contributed by atoms with Crippen LogP contribution in [0.1, 0.15) is 19.4 Å². The van der Waals surface area contributed by atoms with E-state index in [0.29, 0.717) is 17.0 Å². The maximum absolute atomic E-state index is 12.8. The molecule has 1 aromatic rings. The van der Waals surface area contributed by atoms with Gasteiger partial charge in [-0.05, 0) is 31.5 Å². The highest BCUT2D eigenvalue weighted by molar-refractivity contribution is 9.10. The summed E-state index contributed by atoms with van der Waals surface area (Å²) in [5.41, 5.74) is 1.89. The smallest absolute Gasteiger partial charge is 0.428 e. The van der Waals surface area contributed by atoms with Crippen molar-refractivity contribution in [1.29, 1.82) is 0 Å². The highest BCUT2D eigenvalue weighted by atomic mass is 79.9. The van der Waals surface area contributed by atoms with Gasteiger partial charge in [-0.1, -0.05) is 28.1 Å². The van der Waals surface area contributed by atoms with Crippen molar-refractivity contribution in [1.82, 2.24) is 0 Å². The second-order valence-electron chi connectivity index (χ2n) is 5.05. The molecule has 2 atom stereocenters. The molecule has 8 heteroatoms. The Labute approximate surface area is 128 Å². The van der Waals surface area contributed by atoms with Gasteiger partial charge in [0, 0.05) is 4.47 Å². The fourth-order valence-electron chi connectivity index (χ4n) is 1.49. The molecule has 0 aliphatic carbocycles. The largest absolute Gasteiger partial charge is 0.479 e. The normalized spacial score (nSPS) is 17.9. The molecule has 0 aromatic heterocycles. The molecule has 0 aliphatic heterocycles. The summed E-state index contributed by atoms with van der Waals surface area (Å²) in [6, 6.07) is 6.66. The van der Waals surface area contributed by atoms with Gasteiger partial charge in [0.15, 0.2) is 0 Å². The van der Waals surface area contributed by atoms with Crippen molar-refractivity contribution in [3.8, 4) is 0 Å². The third-order valence-corrected chi connectivity index (χ3v) is 3.59. The van der Waals surface area contributed by atoms with Gasteiger partial charge in [-0.25, -0.2) is 4.79 Å². The highest BCUT2D eigenvalue weighted by Crippen LogP contribution is 2.35. The fraction of sp³-hybridized carbons (Fsp3) is 0.462. The van der Waals surface area contributed by atoms with Crippen LogP contribution in [0.3, 0.4) is 0 Å². The van der Waals surface area contributed by atoms with Gasteiger partial charge in [-0.2, -0.15) is 13.2 Å². The molecule has 0 spiro atoms. The van der Waals surface area contributed by atoms with E-state index in [-0.39, 0.29) is 0 Å². The lowest BCUT2D eigenvalue weighted by atomic mass is 9.94. The summed E-state index contributed by atoms with van der Waals surface area (Å²) in [6.07, 6.45) is -5.05. The number of carboxylic acid groups (broad SMARTS) is 1. The highest BCUT2D eigenvalue weighted by Gasteiger charge is 2.59. The van der Waals surface area contributed by atoms with Gasteiger partial charge in [0.25, 0.3) is 5.60 Å². The molecule has 0 heterocycles. The van der Waals surface area contributed by atoms with Gasteiger partial charge in [0.05, 0.1) is 12.1 Å². The van der Waals surface area contributed by atoms with Gasteiger partial charge in [-0.3, -0.25) is 0 Å². The third kappa shape index (κ3) is 3.96. The summed E-state index contributed by atoms with van der Waals surface area (Å²) < 4.78 is 43.9. The summed E-state index contributed by atoms with van der Waals surface area (Å²) in [7, 11) is 0. The van der Waals surface area contributed by atoms with Gasteiger partial charge >= 0.3 is 12.1 Å². The van der Waals surface area contributed by atoms with Crippen LogP contribution in [0.25, 0.3) is 0 Å². The molecule has 0 fully saturated rings. The van der Waals surface area contributed by atoms with Crippen LogP contribution in [0, 0.1) is 0 Å². The first-order chi connectivity index (χ1) is 9.40. The molecule has 1 rings (SSSR count). The molecular weight excluding hydrogens is 355 g/mol. The Morgan fingerprint density at radius 1 is 1.38 bits per heavy atom. The summed E-state index contributed by atoms with van der Waals surface area (Å²) in [5.74, 6) is -2.11. The third-order valence-electron chi connectivity index (χ3n) is 3.09.